The average molecular weight is 345 g/mol. The molecule has 1 saturated heterocycles. The summed E-state index contributed by atoms with van der Waals surface area (Å²) in [5.41, 5.74) is 0. The Morgan fingerprint density at radius 3 is 2.23 bits per heavy atom. The molecule has 1 aliphatic rings. The minimum absolute atomic E-state index is 0.213. The fourth-order valence-corrected chi connectivity index (χ4v) is 4.77. The van der Waals surface area contributed by atoms with Crippen molar-refractivity contribution in [2.45, 2.75) is 31.6 Å². The van der Waals surface area contributed by atoms with Gasteiger partial charge in [0.2, 0.25) is 10.0 Å². The maximum Gasteiger partial charge on any atom is 0.244 e. The van der Waals surface area contributed by atoms with E-state index in [0.29, 0.717) is 24.0 Å². The number of benzene rings is 1. The highest BCUT2D eigenvalue weighted by molar-refractivity contribution is 7.89. The van der Waals surface area contributed by atoms with Crippen LogP contribution >= 0.6 is 11.6 Å². The van der Waals surface area contributed by atoms with Crippen LogP contribution in [-0.4, -0.2) is 50.3 Å². The monoisotopic (exact) mass is 344 g/mol. The molecule has 0 saturated carbocycles. The van der Waals surface area contributed by atoms with Crippen LogP contribution in [0.15, 0.2) is 29.2 Å². The normalized spacial score (nSPS) is 18.0. The molecule has 0 bridgehead atoms. The third kappa shape index (κ3) is 4.02. The summed E-state index contributed by atoms with van der Waals surface area (Å²) in [6.07, 6.45) is 2.35. The van der Waals surface area contributed by atoms with Crippen LogP contribution < -0.4 is 0 Å². The van der Waals surface area contributed by atoms with Gasteiger partial charge in [-0.25, -0.2) is 8.42 Å². The quantitative estimate of drug-likeness (QED) is 0.796. The molecule has 6 heteroatoms. The summed E-state index contributed by atoms with van der Waals surface area (Å²) >= 11 is 6.05. The third-order valence-electron chi connectivity index (χ3n) is 4.46. The van der Waals surface area contributed by atoms with Crippen molar-refractivity contribution in [2.75, 3.05) is 32.7 Å². The van der Waals surface area contributed by atoms with Crippen molar-refractivity contribution >= 4 is 21.6 Å². The highest BCUT2D eigenvalue weighted by Gasteiger charge is 2.30. The van der Waals surface area contributed by atoms with E-state index in [2.05, 4.69) is 18.7 Å². The molecule has 1 aliphatic heterocycles. The molecular weight excluding hydrogens is 320 g/mol. The van der Waals surface area contributed by atoms with Crippen LogP contribution in [0.1, 0.15) is 26.7 Å². The van der Waals surface area contributed by atoms with Gasteiger partial charge in [0.05, 0.1) is 5.02 Å². The van der Waals surface area contributed by atoms with E-state index in [-0.39, 0.29) is 4.90 Å². The molecule has 0 N–H and O–H groups in total. The third-order valence-corrected chi connectivity index (χ3v) is 6.86. The Kier molecular flexibility index (Phi) is 6.26. The highest BCUT2D eigenvalue weighted by Crippen LogP contribution is 2.25. The Morgan fingerprint density at radius 2 is 1.68 bits per heavy atom. The smallest absolute Gasteiger partial charge is 0.244 e. The lowest BCUT2D eigenvalue weighted by molar-refractivity contribution is 0.161. The summed E-state index contributed by atoms with van der Waals surface area (Å²) in [6.45, 7) is 8.15. The maximum absolute atomic E-state index is 12.7. The van der Waals surface area contributed by atoms with E-state index in [1.807, 2.05) is 0 Å². The van der Waals surface area contributed by atoms with E-state index >= 15 is 0 Å². The largest absolute Gasteiger partial charge is 0.300 e. The Balaban J connectivity index is 2.01. The van der Waals surface area contributed by atoms with Crippen molar-refractivity contribution in [3.8, 4) is 0 Å². The Labute approximate surface area is 139 Å². The molecule has 0 aliphatic carbocycles. The molecule has 0 aromatic heterocycles. The number of sulfonamides is 1. The van der Waals surface area contributed by atoms with Gasteiger partial charge >= 0.3 is 0 Å². The van der Waals surface area contributed by atoms with Crippen molar-refractivity contribution in [1.29, 1.82) is 0 Å². The van der Waals surface area contributed by atoms with Crippen LogP contribution in [0.3, 0.4) is 0 Å². The summed E-state index contributed by atoms with van der Waals surface area (Å²) in [7, 11) is -3.48. The van der Waals surface area contributed by atoms with Crippen LogP contribution in [0, 0.1) is 5.92 Å². The molecule has 1 fully saturated rings. The van der Waals surface area contributed by atoms with Gasteiger partial charge in [-0.2, -0.15) is 4.31 Å². The van der Waals surface area contributed by atoms with Gasteiger partial charge in [0.15, 0.2) is 0 Å². The predicted octanol–water partition coefficient (Wildman–Crippen LogP) is 3.08. The van der Waals surface area contributed by atoms with E-state index in [1.165, 1.54) is 12.8 Å². The molecular formula is C16H25ClN2O2S. The molecule has 0 unspecified atom stereocenters. The van der Waals surface area contributed by atoms with Crippen molar-refractivity contribution in [2.24, 2.45) is 5.92 Å². The van der Waals surface area contributed by atoms with Gasteiger partial charge in [-0.05, 0) is 18.1 Å². The van der Waals surface area contributed by atoms with Gasteiger partial charge < -0.3 is 4.90 Å². The molecule has 2 rings (SSSR count). The van der Waals surface area contributed by atoms with Crippen LogP contribution in [0.25, 0.3) is 0 Å². The van der Waals surface area contributed by atoms with Crippen LogP contribution in [0.4, 0.5) is 0 Å². The lowest BCUT2D eigenvalue weighted by Crippen LogP contribution is -2.49. The van der Waals surface area contributed by atoms with Crippen molar-refractivity contribution in [1.82, 2.24) is 9.21 Å². The first-order valence-electron chi connectivity index (χ1n) is 7.96. The van der Waals surface area contributed by atoms with E-state index in [1.54, 1.807) is 28.6 Å². The minimum Gasteiger partial charge on any atom is -0.300 e. The number of hydrogen-bond acceptors (Lipinski definition) is 3. The Morgan fingerprint density at radius 1 is 1.09 bits per heavy atom. The molecule has 22 heavy (non-hydrogen) atoms. The molecule has 1 aromatic carbocycles. The lowest BCUT2D eigenvalue weighted by Gasteiger charge is -2.35. The maximum atomic E-state index is 12.7. The van der Waals surface area contributed by atoms with E-state index in [0.717, 1.165) is 19.6 Å². The summed E-state index contributed by atoms with van der Waals surface area (Å²) < 4.78 is 26.9. The molecule has 0 amide bonds. The van der Waals surface area contributed by atoms with Crippen LogP contribution in [0.2, 0.25) is 5.02 Å². The summed E-state index contributed by atoms with van der Waals surface area (Å²) in [4.78, 5) is 2.58. The molecule has 0 radical (unpaired) electrons. The van der Waals surface area contributed by atoms with Gasteiger partial charge in [0, 0.05) is 32.7 Å². The number of nitrogens with zero attached hydrogens (tertiary/aromatic N) is 2. The fraction of sp³-hybridized carbons (Fsp3) is 0.625. The van der Waals surface area contributed by atoms with Gasteiger partial charge in [0.1, 0.15) is 4.90 Å². The first-order chi connectivity index (χ1) is 10.5. The number of halogens is 1. The van der Waals surface area contributed by atoms with Crippen LogP contribution in [-0.2, 0) is 10.0 Å². The minimum atomic E-state index is -3.48. The molecule has 0 atom stereocenters. The van der Waals surface area contributed by atoms with Gasteiger partial charge in [-0.1, -0.05) is 50.4 Å². The SMILES string of the molecule is CCC(CC)CN1CCN(S(=O)(=O)c2ccccc2Cl)CC1. The molecule has 0 spiro atoms. The Hall–Kier alpha value is -0.620. The number of rotatable bonds is 6. The topological polar surface area (TPSA) is 40.6 Å². The van der Waals surface area contributed by atoms with Crippen molar-refractivity contribution in [3.05, 3.63) is 29.3 Å². The molecule has 1 aromatic rings. The second-order valence-corrected chi connectivity index (χ2v) is 8.13. The van der Waals surface area contributed by atoms with Gasteiger partial charge in [0.25, 0.3) is 0 Å². The zero-order chi connectivity index (χ0) is 16.2. The van der Waals surface area contributed by atoms with Gasteiger partial charge in [-0.3, -0.25) is 0 Å². The average Bonchev–Trinajstić information content (AvgIpc) is 2.53. The lowest BCUT2D eigenvalue weighted by atomic mass is 10.0. The predicted molar refractivity (Wildman–Crippen MR) is 90.7 cm³/mol. The van der Waals surface area contributed by atoms with E-state index in [4.69, 9.17) is 11.6 Å². The van der Waals surface area contributed by atoms with Crippen LogP contribution in [0.5, 0.6) is 0 Å². The number of piperazine rings is 1. The molecule has 1 heterocycles. The summed E-state index contributed by atoms with van der Waals surface area (Å²) in [5.74, 6) is 0.701. The highest BCUT2D eigenvalue weighted by atomic mass is 35.5. The van der Waals surface area contributed by atoms with Crippen molar-refractivity contribution < 1.29 is 8.42 Å². The van der Waals surface area contributed by atoms with Gasteiger partial charge in [-0.15, -0.1) is 0 Å². The molecule has 124 valence electrons. The first kappa shape index (κ1) is 17.7. The zero-order valence-electron chi connectivity index (χ0n) is 13.3. The summed E-state index contributed by atoms with van der Waals surface area (Å²) in [5, 5.41) is 0.293. The van der Waals surface area contributed by atoms with Crippen molar-refractivity contribution in [3.63, 3.8) is 0 Å². The van der Waals surface area contributed by atoms with E-state index < -0.39 is 10.0 Å². The standard InChI is InChI=1S/C16H25ClN2O2S/c1-3-14(4-2)13-18-9-11-19(12-10-18)22(20,21)16-8-6-5-7-15(16)17/h5-8,14H,3-4,9-13H2,1-2H3. The number of hydrogen-bond donors (Lipinski definition) is 0. The first-order valence-corrected chi connectivity index (χ1v) is 9.77. The second kappa shape index (κ2) is 7.77. The zero-order valence-corrected chi connectivity index (χ0v) is 14.9. The fourth-order valence-electron chi connectivity index (χ4n) is 2.86. The van der Waals surface area contributed by atoms with E-state index in [9.17, 15) is 8.42 Å². The Bertz CT molecular complexity index is 580. The second-order valence-electron chi connectivity index (χ2n) is 5.82. The molecule has 4 nitrogen and oxygen atoms in total. The summed E-state index contributed by atoms with van der Waals surface area (Å²) in [6, 6.07) is 6.66.